The second-order valence-corrected chi connectivity index (χ2v) is 5.24. The number of benzene rings is 1. The number of carbonyl (C=O) groups is 2. The first-order valence-electron chi connectivity index (χ1n) is 6.21. The zero-order valence-corrected chi connectivity index (χ0v) is 12.7. The number of carbonyl (C=O) groups excluding carboxylic acids is 2. The third kappa shape index (κ3) is 2.02. The summed E-state index contributed by atoms with van der Waals surface area (Å²) >= 11 is 4.24. The quantitative estimate of drug-likeness (QED) is 0.870. The monoisotopic (exact) mass is 292 g/mol. The highest BCUT2D eigenvalue weighted by atomic mass is 32.1. The van der Waals surface area contributed by atoms with E-state index < -0.39 is 0 Å². The molecule has 4 nitrogen and oxygen atoms in total. The van der Waals surface area contributed by atoms with Crippen LogP contribution in [-0.2, 0) is 0 Å². The minimum absolute atomic E-state index is 0.0944. The normalized spacial score (nSPS) is 14.7. The molecule has 0 aromatic heterocycles. The lowest BCUT2D eigenvalue weighted by molar-refractivity contribution is 0.0969. The molecule has 0 saturated carbocycles. The molecule has 0 spiro atoms. The van der Waals surface area contributed by atoms with E-state index in [9.17, 15) is 9.59 Å². The van der Waals surface area contributed by atoms with Crippen LogP contribution >= 0.6 is 12.6 Å². The molecule has 2 rings (SSSR count). The number of rotatable bonds is 3. The summed E-state index contributed by atoms with van der Waals surface area (Å²) in [5, 5.41) is 0. The van der Waals surface area contributed by atoms with Gasteiger partial charge in [-0.1, -0.05) is 13.8 Å². The van der Waals surface area contributed by atoms with Gasteiger partial charge in [0.1, 0.15) is 11.5 Å². The van der Waals surface area contributed by atoms with E-state index in [2.05, 4.69) is 12.6 Å². The lowest BCUT2D eigenvalue weighted by Crippen LogP contribution is -2.24. The first-order valence-corrected chi connectivity index (χ1v) is 6.66. The van der Waals surface area contributed by atoms with Crippen LogP contribution in [0.15, 0.2) is 22.6 Å². The molecule has 1 aromatic carbocycles. The van der Waals surface area contributed by atoms with E-state index in [-0.39, 0.29) is 33.5 Å². The molecule has 0 atom stereocenters. The summed E-state index contributed by atoms with van der Waals surface area (Å²) in [6.45, 7) is 3.71. The van der Waals surface area contributed by atoms with Crippen LogP contribution in [0.5, 0.6) is 11.5 Å². The number of Topliss-reactive ketones (excluding diaryl/α,β-unsaturated/α-hetero) is 2. The summed E-state index contributed by atoms with van der Waals surface area (Å²) < 4.78 is 10.4. The number of ketones is 2. The molecule has 106 valence electrons. The van der Waals surface area contributed by atoms with E-state index in [0.29, 0.717) is 17.1 Å². The average molecular weight is 292 g/mol. The number of hydrogen-bond acceptors (Lipinski definition) is 5. The summed E-state index contributed by atoms with van der Waals surface area (Å²) in [5.74, 6) is 0.104. The Morgan fingerprint density at radius 1 is 0.950 bits per heavy atom. The Hall–Kier alpha value is -1.75. The van der Waals surface area contributed by atoms with Crippen LogP contribution < -0.4 is 9.47 Å². The van der Waals surface area contributed by atoms with Gasteiger partial charge in [-0.15, -0.1) is 12.6 Å². The van der Waals surface area contributed by atoms with Gasteiger partial charge in [-0.2, -0.15) is 0 Å². The van der Waals surface area contributed by atoms with Crippen LogP contribution in [0.1, 0.15) is 34.6 Å². The van der Waals surface area contributed by atoms with Crippen LogP contribution in [-0.4, -0.2) is 25.8 Å². The number of thiol groups is 1. The molecule has 0 unspecified atom stereocenters. The molecule has 0 fully saturated rings. The van der Waals surface area contributed by atoms with Crippen LogP contribution in [0.2, 0.25) is 0 Å². The minimum Gasteiger partial charge on any atom is -0.496 e. The van der Waals surface area contributed by atoms with Gasteiger partial charge < -0.3 is 9.47 Å². The molecule has 0 radical (unpaired) electrons. The molecule has 1 aliphatic rings. The van der Waals surface area contributed by atoms with Crippen molar-refractivity contribution in [3.8, 4) is 11.5 Å². The predicted molar refractivity (Wildman–Crippen MR) is 79.1 cm³/mol. The SMILES string of the molecule is COc1ccc(OC)c2c1C(=O)C(S)=C(C(C)C)C2=O. The molecule has 0 saturated heterocycles. The summed E-state index contributed by atoms with van der Waals surface area (Å²) in [7, 11) is 2.93. The third-order valence-electron chi connectivity index (χ3n) is 3.32. The van der Waals surface area contributed by atoms with Crippen molar-refractivity contribution in [1.82, 2.24) is 0 Å². The lowest BCUT2D eigenvalue weighted by Gasteiger charge is -2.23. The molecule has 5 heteroatoms. The topological polar surface area (TPSA) is 52.6 Å². The average Bonchev–Trinajstić information content (AvgIpc) is 2.42. The van der Waals surface area contributed by atoms with Crippen molar-refractivity contribution >= 4 is 24.2 Å². The smallest absolute Gasteiger partial charge is 0.204 e. The molecule has 0 N–H and O–H groups in total. The van der Waals surface area contributed by atoms with E-state index in [1.165, 1.54) is 14.2 Å². The fraction of sp³-hybridized carbons (Fsp3) is 0.333. The van der Waals surface area contributed by atoms with E-state index in [1.54, 1.807) is 12.1 Å². The Balaban J connectivity index is 2.81. The van der Waals surface area contributed by atoms with Gasteiger partial charge >= 0.3 is 0 Å². The lowest BCUT2D eigenvalue weighted by atomic mass is 9.83. The molecule has 1 aromatic rings. The molecule has 0 aliphatic heterocycles. The van der Waals surface area contributed by atoms with E-state index >= 15 is 0 Å². The van der Waals surface area contributed by atoms with Crippen molar-refractivity contribution < 1.29 is 19.1 Å². The number of fused-ring (bicyclic) bond motifs is 1. The van der Waals surface area contributed by atoms with Crippen LogP contribution in [0, 0.1) is 5.92 Å². The van der Waals surface area contributed by atoms with Crippen molar-refractivity contribution in [2.45, 2.75) is 13.8 Å². The van der Waals surface area contributed by atoms with Crippen molar-refractivity contribution in [1.29, 1.82) is 0 Å². The molecule has 0 bridgehead atoms. The highest BCUT2D eigenvalue weighted by Crippen LogP contribution is 2.40. The number of allylic oxidation sites excluding steroid dienone is 2. The van der Waals surface area contributed by atoms with Crippen LogP contribution in [0.4, 0.5) is 0 Å². The molecular weight excluding hydrogens is 276 g/mol. The van der Waals surface area contributed by atoms with Gasteiger partial charge in [0.05, 0.1) is 30.3 Å². The first-order chi connectivity index (χ1) is 9.43. The van der Waals surface area contributed by atoms with Crippen molar-refractivity contribution in [3.63, 3.8) is 0 Å². The fourth-order valence-corrected chi connectivity index (χ4v) is 2.85. The summed E-state index contributed by atoms with van der Waals surface area (Å²) in [4.78, 5) is 25.4. The maximum absolute atomic E-state index is 12.7. The van der Waals surface area contributed by atoms with Gasteiger partial charge in [-0.3, -0.25) is 9.59 Å². The maximum atomic E-state index is 12.7. The minimum atomic E-state index is -0.303. The fourth-order valence-electron chi connectivity index (χ4n) is 2.37. The van der Waals surface area contributed by atoms with Gasteiger partial charge in [-0.05, 0) is 18.1 Å². The maximum Gasteiger partial charge on any atom is 0.204 e. The predicted octanol–water partition coefficient (Wildman–Crippen LogP) is 2.92. The number of methoxy groups -OCH3 is 2. The Labute approximate surface area is 123 Å². The van der Waals surface area contributed by atoms with Gasteiger partial charge in [-0.25, -0.2) is 0 Å². The molecular formula is C15H16O4S. The van der Waals surface area contributed by atoms with Gasteiger partial charge in [0, 0.05) is 5.57 Å². The van der Waals surface area contributed by atoms with E-state index in [1.807, 2.05) is 13.8 Å². The van der Waals surface area contributed by atoms with Crippen LogP contribution in [0.3, 0.4) is 0 Å². The standard InChI is InChI=1S/C15H16O4S/c1-7(2)10-13(16)11-8(18-3)5-6-9(19-4)12(11)14(17)15(10)20/h5-7,20H,1-4H3. The molecule has 20 heavy (non-hydrogen) atoms. The highest BCUT2D eigenvalue weighted by Gasteiger charge is 2.36. The van der Waals surface area contributed by atoms with Crippen molar-refractivity contribution in [2.24, 2.45) is 5.92 Å². The Kier molecular flexibility index (Phi) is 3.90. The summed E-state index contributed by atoms with van der Waals surface area (Å²) in [6, 6.07) is 3.24. The Bertz CT molecular complexity index is 629. The van der Waals surface area contributed by atoms with Crippen molar-refractivity contribution in [2.75, 3.05) is 14.2 Å². The molecule has 1 aliphatic carbocycles. The summed E-state index contributed by atoms with van der Waals surface area (Å²) in [6.07, 6.45) is 0. The van der Waals surface area contributed by atoms with Crippen molar-refractivity contribution in [3.05, 3.63) is 33.7 Å². The second-order valence-electron chi connectivity index (χ2n) is 4.80. The summed E-state index contributed by atoms with van der Waals surface area (Å²) in [5.41, 5.74) is 0.905. The zero-order chi connectivity index (χ0) is 15.0. The molecule has 0 amide bonds. The zero-order valence-electron chi connectivity index (χ0n) is 11.8. The highest BCUT2D eigenvalue weighted by molar-refractivity contribution is 7.85. The molecule has 0 heterocycles. The van der Waals surface area contributed by atoms with Gasteiger partial charge in [0.15, 0.2) is 5.78 Å². The Morgan fingerprint density at radius 2 is 1.40 bits per heavy atom. The third-order valence-corrected chi connectivity index (χ3v) is 3.76. The first kappa shape index (κ1) is 14.7. The van der Waals surface area contributed by atoms with E-state index in [0.717, 1.165) is 0 Å². The largest absolute Gasteiger partial charge is 0.496 e. The second kappa shape index (κ2) is 5.32. The Morgan fingerprint density at radius 3 is 1.80 bits per heavy atom. The van der Waals surface area contributed by atoms with Gasteiger partial charge in [0.25, 0.3) is 0 Å². The van der Waals surface area contributed by atoms with Gasteiger partial charge in [0.2, 0.25) is 5.78 Å². The number of ether oxygens (including phenoxy) is 2. The van der Waals surface area contributed by atoms with Crippen LogP contribution in [0.25, 0.3) is 0 Å². The van der Waals surface area contributed by atoms with E-state index in [4.69, 9.17) is 9.47 Å². The number of hydrogen-bond donors (Lipinski definition) is 1.